The molecule has 1 amide bonds. The summed E-state index contributed by atoms with van der Waals surface area (Å²) < 4.78 is 5.03. The van der Waals surface area contributed by atoms with Crippen molar-refractivity contribution in [3.05, 3.63) is 34.9 Å². The van der Waals surface area contributed by atoms with E-state index in [4.69, 9.17) is 16.3 Å². The number of halogens is 1. The highest BCUT2D eigenvalue weighted by molar-refractivity contribution is 6.31. The SMILES string of the molecule is COC(C)C(=O)N(C)C(C)c1ccccc1Cl. The zero-order valence-electron chi connectivity index (χ0n) is 10.6. The van der Waals surface area contributed by atoms with Crippen LogP contribution in [0.15, 0.2) is 24.3 Å². The first-order chi connectivity index (χ1) is 7.99. The lowest BCUT2D eigenvalue weighted by Crippen LogP contribution is -2.37. The van der Waals surface area contributed by atoms with Crippen LogP contribution >= 0.6 is 11.6 Å². The van der Waals surface area contributed by atoms with Crippen LogP contribution in [0.3, 0.4) is 0 Å². The Morgan fingerprint density at radius 3 is 2.47 bits per heavy atom. The second-order valence-electron chi connectivity index (χ2n) is 4.02. The maximum Gasteiger partial charge on any atom is 0.251 e. The molecule has 0 saturated heterocycles. The third kappa shape index (κ3) is 3.20. The van der Waals surface area contributed by atoms with Crippen LogP contribution < -0.4 is 0 Å². The van der Waals surface area contributed by atoms with Crippen LogP contribution in [0.2, 0.25) is 5.02 Å². The number of carbonyl (C=O) groups excluding carboxylic acids is 1. The average Bonchev–Trinajstić information content (AvgIpc) is 2.35. The first-order valence-electron chi connectivity index (χ1n) is 5.53. The Hall–Kier alpha value is -1.06. The van der Waals surface area contributed by atoms with E-state index >= 15 is 0 Å². The van der Waals surface area contributed by atoms with E-state index in [2.05, 4.69) is 0 Å². The molecule has 0 aromatic heterocycles. The number of carbonyl (C=O) groups is 1. The number of hydrogen-bond acceptors (Lipinski definition) is 2. The normalized spacial score (nSPS) is 14.2. The topological polar surface area (TPSA) is 29.5 Å². The Balaban J connectivity index is 2.87. The number of rotatable bonds is 4. The van der Waals surface area contributed by atoms with Gasteiger partial charge in [0, 0.05) is 19.2 Å². The second-order valence-corrected chi connectivity index (χ2v) is 4.43. The van der Waals surface area contributed by atoms with Gasteiger partial charge in [0.15, 0.2) is 0 Å². The summed E-state index contributed by atoms with van der Waals surface area (Å²) in [5, 5.41) is 0.671. The number of likely N-dealkylation sites (N-methyl/N-ethyl adjacent to an activating group) is 1. The lowest BCUT2D eigenvalue weighted by atomic mass is 10.1. The van der Waals surface area contributed by atoms with Gasteiger partial charge in [-0.1, -0.05) is 29.8 Å². The van der Waals surface area contributed by atoms with E-state index in [9.17, 15) is 4.79 Å². The highest BCUT2D eigenvalue weighted by Crippen LogP contribution is 2.26. The largest absolute Gasteiger partial charge is 0.372 e. The molecule has 0 radical (unpaired) electrons. The molecule has 1 rings (SSSR count). The highest BCUT2D eigenvalue weighted by Gasteiger charge is 2.23. The van der Waals surface area contributed by atoms with Crippen molar-refractivity contribution in [2.24, 2.45) is 0 Å². The summed E-state index contributed by atoms with van der Waals surface area (Å²) in [6.07, 6.45) is -0.440. The molecule has 4 heteroatoms. The van der Waals surface area contributed by atoms with Gasteiger partial charge in [-0.15, -0.1) is 0 Å². The third-order valence-corrected chi connectivity index (χ3v) is 3.33. The van der Waals surface area contributed by atoms with Crippen LogP contribution in [0.4, 0.5) is 0 Å². The Kier molecular flexibility index (Phi) is 4.97. The van der Waals surface area contributed by atoms with Gasteiger partial charge in [0.05, 0.1) is 6.04 Å². The molecule has 0 fully saturated rings. The van der Waals surface area contributed by atoms with Crippen LogP contribution in [0, 0.1) is 0 Å². The van der Waals surface area contributed by atoms with E-state index in [-0.39, 0.29) is 11.9 Å². The van der Waals surface area contributed by atoms with E-state index in [1.807, 2.05) is 31.2 Å². The molecule has 1 aromatic rings. The Morgan fingerprint density at radius 1 is 1.35 bits per heavy atom. The molecule has 0 saturated carbocycles. The number of nitrogens with zero attached hydrogens (tertiary/aromatic N) is 1. The van der Waals surface area contributed by atoms with Gasteiger partial charge in [-0.05, 0) is 25.5 Å². The van der Waals surface area contributed by atoms with Gasteiger partial charge in [0.2, 0.25) is 0 Å². The summed E-state index contributed by atoms with van der Waals surface area (Å²) in [4.78, 5) is 13.6. The molecule has 0 heterocycles. The predicted molar refractivity (Wildman–Crippen MR) is 69.1 cm³/mol. The van der Waals surface area contributed by atoms with Crippen molar-refractivity contribution in [3.63, 3.8) is 0 Å². The molecule has 0 N–H and O–H groups in total. The summed E-state index contributed by atoms with van der Waals surface area (Å²) in [6.45, 7) is 3.68. The maximum absolute atomic E-state index is 12.0. The van der Waals surface area contributed by atoms with Gasteiger partial charge in [-0.3, -0.25) is 4.79 Å². The summed E-state index contributed by atoms with van der Waals surface area (Å²) in [6, 6.07) is 7.46. The number of ether oxygens (including phenoxy) is 1. The van der Waals surface area contributed by atoms with E-state index < -0.39 is 6.10 Å². The lowest BCUT2D eigenvalue weighted by molar-refractivity contribution is -0.141. The molecule has 2 unspecified atom stereocenters. The summed E-state index contributed by atoms with van der Waals surface area (Å²) >= 11 is 6.11. The first-order valence-corrected chi connectivity index (χ1v) is 5.90. The van der Waals surface area contributed by atoms with Gasteiger partial charge in [0.1, 0.15) is 6.10 Å². The van der Waals surface area contributed by atoms with E-state index in [0.717, 1.165) is 5.56 Å². The van der Waals surface area contributed by atoms with Gasteiger partial charge >= 0.3 is 0 Å². The van der Waals surface area contributed by atoms with E-state index in [1.54, 1.807) is 18.9 Å². The van der Waals surface area contributed by atoms with Gasteiger partial charge in [0.25, 0.3) is 5.91 Å². The van der Waals surface area contributed by atoms with Crippen LogP contribution in [0.25, 0.3) is 0 Å². The molecule has 17 heavy (non-hydrogen) atoms. The lowest BCUT2D eigenvalue weighted by Gasteiger charge is -2.28. The summed E-state index contributed by atoms with van der Waals surface area (Å²) in [5.74, 6) is -0.0556. The molecular formula is C13H18ClNO2. The van der Waals surface area contributed by atoms with Crippen molar-refractivity contribution in [1.29, 1.82) is 0 Å². The summed E-state index contributed by atoms with van der Waals surface area (Å²) in [5.41, 5.74) is 0.938. The molecule has 0 aliphatic heterocycles. The van der Waals surface area contributed by atoms with Crippen molar-refractivity contribution in [1.82, 2.24) is 4.90 Å². The number of hydrogen-bond donors (Lipinski definition) is 0. The second kappa shape index (κ2) is 6.03. The standard InChI is InChI=1S/C13H18ClNO2/c1-9(11-7-5-6-8-12(11)14)15(3)13(16)10(2)17-4/h5-10H,1-4H3. The number of amides is 1. The fourth-order valence-corrected chi connectivity index (χ4v) is 1.89. The van der Waals surface area contributed by atoms with Crippen LogP contribution in [0.5, 0.6) is 0 Å². The van der Waals surface area contributed by atoms with Gasteiger partial charge < -0.3 is 9.64 Å². The minimum Gasteiger partial charge on any atom is -0.372 e. The maximum atomic E-state index is 12.0. The number of benzene rings is 1. The average molecular weight is 256 g/mol. The summed E-state index contributed by atoms with van der Waals surface area (Å²) in [7, 11) is 3.28. The molecule has 3 nitrogen and oxygen atoms in total. The monoisotopic (exact) mass is 255 g/mol. The van der Waals surface area contributed by atoms with Crippen molar-refractivity contribution in [2.75, 3.05) is 14.2 Å². The molecule has 0 spiro atoms. The highest BCUT2D eigenvalue weighted by atomic mass is 35.5. The van der Waals surface area contributed by atoms with Crippen molar-refractivity contribution >= 4 is 17.5 Å². The zero-order valence-corrected chi connectivity index (χ0v) is 11.4. The third-order valence-electron chi connectivity index (χ3n) is 2.99. The molecule has 94 valence electrons. The van der Waals surface area contributed by atoms with Crippen LogP contribution in [-0.2, 0) is 9.53 Å². The molecule has 1 aromatic carbocycles. The zero-order chi connectivity index (χ0) is 13.0. The Bertz CT molecular complexity index is 395. The molecular weight excluding hydrogens is 238 g/mol. The smallest absolute Gasteiger partial charge is 0.251 e. The quantitative estimate of drug-likeness (QED) is 0.828. The van der Waals surface area contributed by atoms with Crippen LogP contribution in [-0.4, -0.2) is 31.1 Å². The van der Waals surface area contributed by atoms with E-state index in [1.165, 1.54) is 7.11 Å². The Morgan fingerprint density at radius 2 is 1.94 bits per heavy atom. The van der Waals surface area contributed by atoms with Crippen molar-refractivity contribution < 1.29 is 9.53 Å². The molecule has 0 bridgehead atoms. The van der Waals surface area contributed by atoms with Crippen molar-refractivity contribution in [3.8, 4) is 0 Å². The number of methoxy groups -OCH3 is 1. The fraction of sp³-hybridized carbons (Fsp3) is 0.462. The predicted octanol–water partition coefficient (Wildman–Crippen LogP) is 2.89. The van der Waals surface area contributed by atoms with Gasteiger partial charge in [-0.2, -0.15) is 0 Å². The van der Waals surface area contributed by atoms with E-state index in [0.29, 0.717) is 5.02 Å². The fourth-order valence-electron chi connectivity index (χ4n) is 1.60. The molecule has 0 aliphatic rings. The first kappa shape index (κ1) is 14.0. The minimum atomic E-state index is -0.440. The molecule has 0 aliphatic carbocycles. The Labute approximate surface area is 107 Å². The van der Waals surface area contributed by atoms with Crippen LogP contribution in [0.1, 0.15) is 25.5 Å². The molecule has 2 atom stereocenters. The van der Waals surface area contributed by atoms with Crippen molar-refractivity contribution in [2.45, 2.75) is 26.0 Å². The minimum absolute atomic E-state index is 0.0556. The van der Waals surface area contributed by atoms with Gasteiger partial charge in [-0.25, -0.2) is 0 Å².